The van der Waals surface area contributed by atoms with Crippen LogP contribution in [0.15, 0.2) is 18.2 Å². The molecule has 1 heterocycles. The van der Waals surface area contributed by atoms with Gasteiger partial charge in [0.15, 0.2) is 0 Å². The smallest absolute Gasteiger partial charge is 0.315 e. The van der Waals surface area contributed by atoms with E-state index in [1.54, 1.807) is 18.2 Å². The molecule has 114 valence electrons. The van der Waals surface area contributed by atoms with Crippen molar-refractivity contribution in [2.45, 2.75) is 31.8 Å². The van der Waals surface area contributed by atoms with E-state index in [-0.39, 0.29) is 18.0 Å². The minimum atomic E-state index is -0.472. The highest BCUT2D eigenvalue weighted by atomic mass is 35.5. The Kier molecular flexibility index (Phi) is 5.31. The van der Waals surface area contributed by atoms with Crippen molar-refractivity contribution in [1.29, 1.82) is 0 Å². The topological polar surface area (TPSA) is 70.2 Å². The van der Waals surface area contributed by atoms with Gasteiger partial charge in [-0.05, 0) is 37.5 Å². The summed E-state index contributed by atoms with van der Waals surface area (Å²) in [6.45, 7) is 2.50. The number of carbonyl (C=O) groups is 2. The van der Waals surface area contributed by atoms with Gasteiger partial charge < -0.3 is 16.0 Å². The molecule has 1 saturated heterocycles. The number of piperidine rings is 1. The lowest BCUT2D eigenvalue weighted by atomic mass is 10.1. The molecule has 3 amide bonds. The molecular formula is C14H17Cl2N3O2. The second-order valence-corrected chi connectivity index (χ2v) is 5.81. The van der Waals surface area contributed by atoms with Crippen LogP contribution >= 0.6 is 23.2 Å². The van der Waals surface area contributed by atoms with Gasteiger partial charge in [0.25, 0.3) is 0 Å². The van der Waals surface area contributed by atoms with Gasteiger partial charge in [-0.25, -0.2) is 4.79 Å². The van der Waals surface area contributed by atoms with Gasteiger partial charge in [-0.3, -0.25) is 4.79 Å². The van der Waals surface area contributed by atoms with Crippen LogP contribution in [0.3, 0.4) is 0 Å². The lowest BCUT2D eigenvalue weighted by molar-refractivity contribution is -0.124. The van der Waals surface area contributed by atoms with Crippen LogP contribution in [0.25, 0.3) is 0 Å². The minimum Gasteiger partial charge on any atom is -0.354 e. The fraction of sp³-hybridized carbons (Fsp3) is 0.429. The highest BCUT2D eigenvalue weighted by molar-refractivity contribution is 6.42. The summed E-state index contributed by atoms with van der Waals surface area (Å²) in [6.07, 6.45) is 1.51. The van der Waals surface area contributed by atoms with Crippen molar-refractivity contribution >= 4 is 35.1 Å². The van der Waals surface area contributed by atoms with Crippen molar-refractivity contribution in [3.05, 3.63) is 33.8 Å². The number of hydrogen-bond donors (Lipinski definition) is 3. The Morgan fingerprint density at radius 3 is 2.81 bits per heavy atom. The molecule has 1 aromatic rings. The van der Waals surface area contributed by atoms with Crippen LogP contribution in [0, 0.1) is 0 Å². The van der Waals surface area contributed by atoms with E-state index < -0.39 is 6.04 Å². The Balaban J connectivity index is 1.92. The summed E-state index contributed by atoms with van der Waals surface area (Å²) in [5, 5.41) is 9.08. The average Bonchev–Trinajstić information content (AvgIpc) is 2.44. The molecule has 1 aliphatic rings. The van der Waals surface area contributed by atoms with Crippen LogP contribution in [-0.4, -0.2) is 24.5 Å². The van der Waals surface area contributed by atoms with Gasteiger partial charge in [0.05, 0.1) is 16.1 Å². The maximum Gasteiger partial charge on any atom is 0.315 e. The van der Waals surface area contributed by atoms with Crippen molar-refractivity contribution in [2.24, 2.45) is 0 Å². The number of urea groups is 1. The van der Waals surface area contributed by atoms with Crippen LogP contribution in [-0.2, 0) is 4.79 Å². The zero-order valence-electron chi connectivity index (χ0n) is 11.6. The third-order valence-electron chi connectivity index (χ3n) is 3.38. The van der Waals surface area contributed by atoms with Crippen molar-refractivity contribution < 1.29 is 9.59 Å². The van der Waals surface area contributed by atoms with Gasteiger partial charge in [0, 0.05) is 6.54 Å². The first-order valence-electron chi connectivity index (χ1n) is 6.77. The van der Waals surface area contributed by atoms with Gasteiger partial charge >= 0.3 is 6.03 Å². The molecule has 0 spiro atoms. The minimum absolute atomic E-state index is 0.140. The Morgan fingerprint density at radius 2 is 2.14 bits per heavy atom. The summed E-state index contributed by atoms with van der Waals surface area (Å²) in [5.74, 6) is -0.140. The fourth-order valence-electron chi connectivity index (χ4n) is 2.17. The largest absolute Gasteiger partial charge is 0.354 e. The monoisotopic (exact) mass is 329 g/mol. The van der Waals surface area contributed by atoms with E-state index in [0.717, 1.165) is 12.0 Å². The van der Waals surface area contributed by atoms with Gasteiger partial charge in [0.1, 0.15) is 6.04 Å². The molecule has 5 nitrogen and oxygen atoms in total. The van der Waals surface area contributed by atoms with E-state index in [0.29, 0.717) is 23.0 Å². The van der Waals surface area contributed by atoms with E-state index in [4.69, 9.17) is 23.2 Å². The molecule has 3 N–H and O–H groups in total. The zero-order chi connectivity index (χ0) is 15.4. The second kappa shape index (κ2) is 7.00. The van der Waals surface area contributed by atoms with Crippen molar-refractivity contribution in [2.75, 3.05) is 6.54 Å². The lowest BCUT2D eigenvalue weighted by Gasteiger charge is -2.24. The van der Waals surface area contributed by atoms with Gasteiger partial charge in [-0.2, -0.15) is 0 Å². The SMILES string of the molecule is CC(NC(=O)NC1CCCNC1=O)c1ccc(Cl)c(Cl)c1. The van der Waals surface area contributed by atoms with Crippen LogP contribution < -0.4 is 16.0 Å². The van der Waals surface area contributed by atoms with Crippen molar-refractivity contribution in [3.8, 4) is 0 Å². The average molecular weight is 330 g/mol. The molecule has 2 unspecified atom stereocenters. The Hall–Kier alpha value is -1.46. The molecule has 1 fully saturated rings. The predicted molar refractivity (Wildman–Crippen MR) is 82.6 cm³/mol. The molecule has 0 radical (unpaired) electrons. The molecule has 0 aromatic heterocycles. The highest BCUT2D eigenvalue weighted by Gasteiger charge is 2.24. The third-order valence-corrected chi connectivity index (χ3v) is 4.12. The summed E-state index contributed by atoms with van der Waals surface area (Å²) in [6, 6.07) is 4.10. The summed E-state index contributed by atoms with van der Waals surface area (Å²) >= 11 is 11.8. The molecule has 0 saturated carbocycles. The van der Waals surface area contributed by atoms with E-state index >= 15 is 0 Å². The highest BCUT2D eigenvalue weighted by Crippen LogP contribution is 2.25. The maximum absolute atomic E-state index is 11.9. The standard InChI is InChI=1S/C14H17Cl2N3O2/c1-8(9-4-5-10(15)11(16)7-9)18-14(21)19-12-3-2-6-17-13(12)20/h4-5,7-8,12H,2-3,6H2,1H3,(H,17,20)(H2,18,19,21). The summed E-state index contributed by atoms with van der Waals surface area (Å²) in [4.78, 5) is 23.5. The van der Waals surface area contributed by atoms with Gasteiger partial charge in [-0.15, -0.1) is 0 Å². The molecule has 0 aliphatic carbocycles. The first-order valence-corrected chi connectivity index (χ1v) is 7.52. The molecule has 7 heteroatoms. The number of benzene rings is 1. The van der Waals surface area contributed by atoms with Gasteiger partial charge in [-0.1, -0.05) is 29.3 Å². The first kappa shape index (κ1) is 15.9. The number of amides is 3. The van der Waals surface area contributed by atoms with Gasteiger partial charge in [0.2, 0.25) is 5.91 Å². The summed E-state index contributed by atoms with van der Waals surface area (Å²) < 4.78 is 0. The number of rotatable bonds is 3. The van der Waals surface area contributed by atoms with E-state index in [1.165, 1.54) is 0 Å². The molecule has 1 aliphatic heterocycles. The van der Waals surface area contributed by atoms with Crippen LogP contribution in [0.2, 0.25) is 10.0 Å². The van der Waals surface area contributed by atoms with E-state index in [1.807, 2.05) is 6.92 Å². The Labute approximate surface area is 133 Å². The molecular weight excluding hydrogens is 313 g/mol. The fourth-order valence-corrected chi connectivity index (χ4v) is 2.48. The molecule has 21 heavy (non-hydrogen) atoms. The van der Waals surface area contributed by atoms with Crippen molar-refractivity contribution in [1.82, 2.24) is 16.0 Å². The number of halogens is 2. The van der Waals surface area contributed by atoms with E-state index in [9.17, 15) is 9.59 Å². The first-order chi connectivity index (χ1) is 9.97. The molecule has 2 rings (SSSR count). The lowest BCUT2D eigenvalue weighted by Crippen LogP contribution is -2.52. The van der Waals surface area contributed by atoms with Crippen LogP contribution in [0.1, 0.15) is 31.4 Å². The summed E-state index contributed by atoms with van der Waals surface area (Å²) in [7, 11) is 0. The zero-order valence-corrected chi connectivity index (χ0v) is 13.1. The molecule has 1 aromatic carbocycles. The second-order valence-electron chi connectivity index (χ2n) is 5.00. The summed E-state index contributed by atoms with van der Waals surface area (Å²) in [5.41, 5.74) is 0.840. The Bertz CT molecular complexity index is 551. The predicted octanol–water partition coefficient (Wildman–Crippen LogP) is 2.63. The Morgan fingerprint density at radius 1 is 1.38 bits per heavy atom. The van der Waals surface area contributed by atoms with Crippen LogP contribution in [0.5, 0.6) is 0 Å². The number of carbonyl (C=O) groups excluding carboxylic acids is 2. The van der Waals surface area contributed by atoms with E-state index in [2.05, 4.69) is 16.0 Å². The van der Waals surface area contributed by atoms with Crippen molar-refractivity contribution in [3.63, 3.8) is 0 Å². The maximum atomic E-state index is 11.9. The normalized spacial score (nSPS) is 19.6. The number of nitrogens with one attached hydrogen (secondary N) is 3. The third kappa shape index (κ3) is 4.25. The quantitative estimate of drug-likeness (QED) is 0.797. The molecule has 2 atom stereocenters. The molecule has 0 bridgehead atoms. The number of hydrogen-bond acceptors (Lipinski definition) is 2. The van der Waals surface area contributed by atoms with Crippen LogP contribution in [0.4, 0.5) is 4.79 Å².